The summed E-state index contributed by atoms with van der Waals surface area (Å²) in [5.74, 6) is -0.718. The predicted molar refractivity (Wildman–Crippen MR) is 161 cm³/mol. The van der Waals surface area contributed by atoms with E-state index in [0.717, 1.165) is 44.1 Å². The number of ketones is 1. The minimum absolute atomic E-state index is 0. The van der Waals surface area contributed by atoms with Crippen molar-refractivity contribution in [2.24, 2.45) is 51.8 Å². The molecular weight excluding hydrogens is 577 g/mol. The second kappa shape index (κ2) is 13.4. The number of Topliss-reactive ketones (excluding diaryl/α,β-unsaturated/α-hetero) is 1. The zero-order valence-electron chi connectivity index (χ0n) is 27.7. The Morgan fingerprint density at radius 1 is 1.07 bits per heavy atom. The van der Waals surface area contributed by atoms with Gasteiger partial charge < -0.3 is 20.1 Å². The molecule has 3 N–H and O–H groups in total. The Morgan fingerprint density at radius 2 is 1.72 bits per heavy atom. The summed E-state index contributed by atoms with van der Waals surface area (Å²) in [7, 11) is -4.48. The summed E-state index contributed by atoms with van der Waals surface area (Å²) in [4.78, 5) is 27.1. The molecule has 0 saturated heterocycles. The van der Waals surface area contributed by atoms with Crippen molar-refractivity contribution < 1.29 is 62.3 Å². The summed E-state index contributed by atoms with van der Waals surface area (Å²) in [5, 5.41) is 25.5. The minimum atomic E-state index is -4.48. The van der Waals surface area contributed by atoms with E-state index < -0.39 is 33.8 Å². The normalized spacial score (nSPS) is 41.9. The summed E-state index contributed by atoms with van der Waals surface area (Å²) >= 11 is 0. The van der Waals surface area contributed by atoms with Crippen LogP contribution in [0.2, 0.25) is 0 Å². The van der Waals surface area contributed by atoms with Gasteiger partial charge in [0.1, 0.15) is 5.78 Å². The third-order valence-electron chi connectivity index (χ3n) is 12.7. The summed E-state index contributed by atoms with van der Waals surface area (Å²) in [6.45, 7) is 14.6. The van der Waals surface area contributed by atoms with Crippen LogP contribution in [0.5, 0.6) is 0 Å². The van der Waals surface area contributed by atoms with Crippen molar-refractivity contribution in [1.82, 2.24) is 5.32 Å². The molecular formula is C33H54NNaO7S. The Labute approximate surface area is 281 Å². The molecule has 43 heavy (non-hydrogen) atoms. The third-order valence-corrected chi connectivity index (χ3v) is 13.4. The number of hydrogen-bond acceptors (Lipinski definition) is 7. The number of amides is 1. The summed E-state index contributed by atoms with van der Waals surface area (Å²) < 4.78 is 33.7. The third kappa shape index (κ3) is 6.75. The van der Waals surface area contributed by atoms with E-state index in [0.29, 0.717) is 36.7 Å². The fourth-order valence-electron chi connectivity index (χ4n) is 10.5. The molecule has 0 unspecified atom stereocenters. The Hall–Kier alpha value is -0.290. The number of allylic oxidation sites excluding steroid dienone is 1. The molecule has 0 bridgehead atoms. The summed E-state index contributed by atoms with van der Waals surface area (Å²) in [5.41, 5.74) is 0.649. The quantitative estimate of drug-likeness (QED) is 0.199. The maximum absolute atomic E-state index is 13.7. The van der Waals surface area contributed by atoms with E-state index in [-0.39, 0.29) is 82.0 Å². The number of nitrogens with one attached hydrogen (secondary N) is 1. The Kier molecular flexibility index (Phi) is 11.6. The molecule has 0 aliphatic heterocycles. The van der Waals surface area contributed by atoms with Gasteiger partial charge in [-0.25, -0.2) is 8.42 Å². The molecule has 4 aliphatic carbocycles. The molecule has 240 valence electrons. The van der Waals surface area contributed by atoms with Crippen molar-refractivity contribution in [1.29, 1.82) is 0 Å². The SMILES string of the molecule is CC(=O)[C@H]1C[C@@]2(C)[C@@H](C[C@@H](O)[C@H]3[C@@]4(C)CC[C@@H](O)[C@@H](C)[C@@H]4CC[C@@]32C)/C1=C(\CCCC(C)C)C(=O)NCCS(=O)(=O)[O-].[Na+]. The van der Waals surface area contributed by atoms with E-state index in [4.69, 9.17) is 0 Å². The predicted octanol–water partition coefficient (Wildman–Crippen LogP) is 1.60. The Bertz CT molecular complexity index is 1200. The minimum Gasteiger partial charge on any atom is -0.748 e. The molecule has 4 rings (SSSR count). The molecule has 0 aromatic carbocycles. The second-order valence-corrected chi connectivity index (χ2v) is 16.9. The van der Waals surface area contributed by atoms with Gasteiger partial charge in [0.25, 0.3) is 0 Å². The van der Waals surface area contributed by atoms with Gasteiger partial charge in [0.2, 0.25) is 5.91 Å². The molecule has 4 saturated carbocycles. The van der Waals surface area contributed by atoms with Gasteiger partial charge in [-0.1, -0.05) is 48.0 Å². The number of carbonyl (C=O) groups excluding carboxylic acids is 2. The van der Waals surface area contributed by atoms with E-state index in [2.05, 4.69) is 46.9 Å². The molecule has 0 heterocycles. The smallest absolute Gasteiger partial charge is 0.748 e. The molecule has 1 amide bonds. The van der Waals surface area contributed by atoms with Crippen molar-refractivity contribution in [3.8, 4) is 0 Å². The zero-order chi connectivity index (χ0) is 31.4. The monoisotopic (exact) mass is 631 g/mol. The van der Waals surface area contributed by atoms with E-state index in [9.17, 15) is 32.8 Å². The van der Waals surface area contributed by atoms with Gasteiger partial charge in [-0.15, -0.1) is 0 Å². The van der Waals surface area contributed by atoms with Crippen LogP contribution in [0.4, 0.5) is 0 Å². The molecule has 10 atom stereocenters. The molecule has 4 fully saturated rings. The first-order valence-corrected chi connectivity index (χ1v) is 17.8. The number of carbonyl (C=O) groups is 2. The average molecular weight is 632 g/mol. The van der Waals surface area contributed by atoms with E-state index >= 15 is 0 Å². The van der Waals surface area contributed by atoms with Gasteiger partial charge in [-0.3, -0.25) is 9.59 Å². The van der Waals surface area contributed by atoms with Gasteiger partial charge in [-0.05, 0) is 110 Å². The Morgan fingerprint density at radius 3 is 2.30 bits per heavy atom. The van der Waals surface area contributed by atoms with Crippen LogP contribution in [-0.4, -0.2) is 59.4 Å². The molecule has 0 aromatic heterocycles. The molecule has 8 nitrogen and oxygen atoms in total. The number of aliphatic hydroxyl groups excluding tert-OH is 2. The van der Waals surface area contributed by atoms with Crippen LogP contribution in [0.3, 0.4) is 0 Å². The Balaban J connectivity index is 0.00000506. The zero-order valence-corrected chi connectivity index (χ0v) is 30.6. The van der Waals surface area contributed by atoms with Gasteiger partial charge in [0.15, 0.2) is 0 Å². The van der Waals surface area contributed by atoms with Crippen molar-refractivity contribution in [3.63, 3.8) is 0 Å². The van der Waals surface area contributed by atoms with E-state index in [1.54, 1.807) is 6.92 Å². The first-order chi connectivity index (χ1) is 19.4. The van der Waals surface area contributed by atoms with Gasteiger partial charge in [-0.2, -0.15) is 0 Å². The van der Waals surface area contributed by atoms with Crippen LogP contribution in [0.1, 0.15) is 106 Å². The van der Waals surface area contributed by atoms with Crippen LogP contribution >= 0.6 is 0 Å². The maximum Gasteiger partial charge on any atom is 1.00 e. The van der Waals surface area contributed by atoms with Gasteiger partial charge in [0, 0.05) is 18.0 Å². The van der Waals surface area contributed by atoms with Crippen LogP contribution in [0, 0.1) is 51.8 Å². The first-order valence-electron chi connectivity index (χ1n) is 16.2. The average Bonchev–Trinajstić information content (AvgIpc) is 3.17. The molecule has 4 aliphatic rings. The number of hydrogen-bond donors (Lipinski definition) is 3. The molecule has 10 heteroatoms. The standard InChI is InChI=1S/C33H55NO7S.Na/c1-19(2)9-8-10-22(30(38)34-15-16-42(39,40)41)28-23(21(4)35)18-33(7)25(28)17-27(37)29-31(5)13-12-26(36)20(3)24(31)11-14-32(29,33)6;/h19-20,23-27,29,36-37H,8-18H2,1-7H3,(H,34,38)(H,39,40,41);/q;+1/p-1/b28-22+;/t20-,23+,24-,25-,26+,27+,29-,31-,32-,33-;/m0./s1. The largest absolute Gasteiger partial charge is 1.00 e. The van der Waals surface area contributed by atoms with Crippen molar-refractivity contribution >= 4 is 21.8 Å². The van der Waals surface area contributed by atoms with Crippen molar-refractivity contribution in [3.05, 3.63) is 11.1 Å². The number of rotatable bonds is 9. The van der Waals surface area contributed by atoms with E-state index in [1.165, 1.54) is 0 Å². The molecule has 0 aromatic rings. The second-order valence-electron chi connectivity index (χ2n) is 15.4. The number of aliphatic hydroxyl groups is 2. The maximum atomic E-state index is 13.7. The van der Waals surface area contributed by atoms with Gasteiger partial charge in [0.05, 0.1) is 28.1 Å². The van der Waals surface area contributed by atoms with Crippen LogP contribution in [-0.2, 0) is 19.7 Å². The van der Waals surface area contributed by atoms with Crippen LogP contribution < -0.4 is 34.9 Å². The van der Waals surface area contributed by atoms with Crippen LogP contribution in [0.25, 0.3) is 0 Å². The van der Waals surface area contributed by atoms with Crippen molar-refractivity contribution in [2.75, 3.05) is 12.3 Å². The van der Waals surface area contributed by atoms with Crippen LogP contribution in [0.15, 0.2) is 11.1 Å². The fraction of sp³-hybridized carbons (Fsp3) is 0.879. The van der Waals surface area contributed by atoms with E-state index in [1.807, 2.05) is 0 Å². The first kappa shape index (κ1) is 37.2. The topological polar surface area (TPSA) is 144 Å². The number of fused-ring (bicyclic) bond motifs is 5. The summed E-state index contributed by atoms with van der Waals surface area (Å²) in [6, 6.07) is 0. The van der Waals surface area contributed by atoms with Gasteiger partial charge >= 0.3 is 29.6 Å². The molecule has 0 spiro atoms. The van der Waals surface area contributed by atoms with Crippen molar-refractivity contribution in [2.45, 2.75) is 118 Å². The molecule has 0 radical (unpaired) electrons. The fourth-order valence-corrected chi connectivity index (χ4v) is 10.9. The summed E-state index contributed by atoms with van der Waals surface area (Å²) in [6.07, 6.45) is 5.75.